The molecular weight excluding hydrogens is 224 g/mol. The highest BCUT2D eigenvalue weighted by molar-refractivity contribution is 5.78. The van der Waals surface area contributed by atoms with E-state index in [1.807, 2.05) is 35.2 Å². The maximum Gasteiger partial charge on any atom is 0.227 e. The van der Waals surface area contributed by atoms with Crippen molar-refractivity contribution in [3.05, 3.63) is 35.9 Å². The molecule has 1 aromatic carbocycles. The van der Waals surface area contributed by atoms with Crippen molar-refractivity contribution in [3.63, 3.8) is 0 Å². The first-order valence-corrected chi connectivity index (χ1v) is 6.84. The van der Waals surface area contributed by atoms with Crippen LogP contribution in [0, 0.1) is 0 Å². The lowest BCUT2D eigenvalue weighted by molar-refractivity contribution is -0.130. The number of carbonyl (C=O) groups excluding carboxylic acids is 1. The summed E-state index contributed by atoms with van der Waals surface area (Å²) in [6, 6.07) is 10.5. The van der Waals surface area contributed by atoms with Gasteiger partial charge in [-0.3, -0.25) is 4.79 Å². The highest BCUT2D eigenvalue weighted by atomic mass is 16.2. The van der Waals surface area contributed by atoms with E-state index in [1.165, 1.54) is 12.8 Å². The fraction of sp³-hybridized carbons (Fsp3) is 0.533. The van der Waals surface area contributed by atoms with Crippen LogP contribution in [-0.2, 0) is 11.2 Å². The number of nitrogens with zero attached hydrogens (tertiary/aromatic N) is 1. The molecule has 18 heavy (non-hydrogen) atoms. The van der Waals surface area contributed by atoms with Crippen LogP contribution in [0.5, 0.6) is 0 Å². The van der Waals surface area contributed by atoms with Gasteiger partial charge in [0.15, 0.2) is 0 Å². The van der Waals surface area contributed by atoms with E-state index >= 15 is 0 Å². The monoisotopic (exact) mass is 246 g/mol. The van der Waals surface area contributed by atoms with E-state index in [0.717, 1.165) is 25.2 Å². The number of carbonyl (C=O) groups is 1. The zero-order valence-corrected chi connectivity index (χ0v) is 11.1. The molecular formula is C15H22N2O. The van der Waals surface area contributed by atoms with E-state index in [2.05, 4.69) is 12.2 Å². The number of hydrogen-bond acceptors (Lipinski definition) is 2. The third kappa shape index (κ3) is 3.57. The van der Waals surface area contributed by atoms with E-state index in [9.17, 15) is 4.79 Å². The lowest BCUT2D eigenvalue weighted by atomic mass is 10.1. The molecule has 1 saturated heterocycles. The Balaban J connectivity index is 1.88. The summed E-state index contributed by atoms with van der Waals surface area (Å²) in [4.78, 5) is 14.2. The normalized spacial score (nSPS) is 18.8. The SMILES string of the molecule is CCN(CC1CCCN1)C(=O)Cc1ccccc1. The topological polar surface area (TPSA) is 32.3 Å². The van der Waals surface area contributed by atoms with Crippen molar-refractivity contribution in [1.82, 2.24) is 10.2 Å². The van der Waals surface area contributed by atoms with Crippen LogP contribution < -0.4 is 5.32 Å². The van der Waals surface area contributed by atoms with E-state index in [0.29, 0.717) is 12.5 Å². The van der Waals surface area contributed by atoms with Crippen molar-refractivity contribution in [3.8, 4) is 0 Å². The van der Waals surface area contributed by atoms with Gasteiger partial charge in [-0.1, -0.05) is 30.3 Å². The molecule has 3 heteroatoms. The first kappa shape index (κ1) is 13.1. The molecule has 3 nitrogen and oxygen atoms in total. The maximum absolute atomic E-state index is 12.2. The number of benzene rings is 1. The molecule has 1 unspecified atom stereocenters. The van der Waals surface area contributed by atoms with Gasteiger partial charge in [0, 0.05) is 19.1 Å². The van der Waals surface area contributed by atoms with Crippen molar-refractivity contribution < 1.29 is 4.79 Å². The smallest absolute Gasteiger partial charge is 0.227 e. The zero-order chi connectivity index (χ0) is 12.8. The second-order valence-electron chi connectivity index (χ2n) is 4.89. The van der Waals surface area contributed by atoms with Crippen LogP contribution in [0.25, 0.3) is 0 Å². The fourth-order valence-electron chi connectivity index (χ4n) is 2.47. The molecule has 1 aliphatic rings. The summed E-state index contributed by atoms with van der Waals surface area (Å²) in [6.45, 7) is 4.79. The number of likely N-dealkylation sites (N-methyl/N-ethyl adjacent to an activating group) is 1. The van der Waals surface area contributed by atoms with Gasteiger partial charge in [-0.05, 0) is 31.9 Å². The predicted octanol–water partition coefficient (Wildman–Crippen LogP) is 1.83. The summed E-state index contributed by atoms with van der Waals surface area (Å²) in [5.74, 6) is 0.234. The largest absolute Gasteiger partial charge is 0.341 e. The lowest BCUT2D eigenvalue weighted by Crippen LogP contribution is -2.41. The number of amides is 1. The minimum absolute atomic E-state index is 0.234. The highest BCUT2D eigenvalue weighted by Crippen LogP contribution is 2.09. The van der Waals surface area contributed by atoms with Gasteiger partial charge in [0.05, 0.1) is 6.42 Å². The average Bonchev–Trinajstić information content (AvgIpc) is 2.90. The summed E-state index contributed by atoms with van der Waals surface area (Å²) in [7, 11) is 0. The number of hydrogen-bond donors (Lipinski definition) is 1. The Hall–Kier alpha value is -1.35. The van der Waals surface area contributed by atoms with Gasteiger partial charge in [0.2, 0.25) is 5.91 Å². The predicted molar refractivity (Wildman–Crippen MR) is 73.4 cm³/mol. The number of rotatable bonds is 5. The third-order valence-corrected chi connectivity index (χ3v) is 3.54. The minimum Gasteiger partial charge on any atom is -0.341 e. The standard InChI is InChI=1S/C15H22N2O/c1-2-17(12-14-9-6-10-16-14)15(18)11-13-7-4-3-5-8-13/h3-5,7-8,14,16H,2,6,9-12H2,1H3. The molecule has 0 aromatic heterocycles. The Bertz CT molecular complexity index is 371. The molecule has 2 rings (SSSR count). The van der Waals surface area contributed by atoms with E-state index in [1.54, 1.807) is 0 Å². The minimum atomic E-state index is 0.234. The molecule has 1 amide bonds. The van der Waals surface area contributed by atoms with Gasteiger partial charge in [-0.15, -0.1) is 0 Å². The summed E-state index contributed by atoms with van der Waals surface area (Å²) >= 11 is 0. The molecule has 1 atom stereocenters. The van der Waals surface area contributed by atoms with Crippen molar-refractivity contribution in [2.75, 3.05) is 19.6 Å². The first-order chi connectivity index (χ1) is 8.79. The van der Waals surface area contributed by atoms with Gasteiger partial charge < -0.3 is 10.2 Å². The van der Waals surface area contributed by atoms with Crippen LogP contribution in [-0.4, -0.2) is 36.5 Å². The lowest BCUT2D eigenvalue weighted by Gasteiger charge is -2.24. The van der Waals surface area contributed by atoms with Crippen LogP contribution in [0.4, 0.5) is 0 Å². The molecule has 1 aromatic rings. The van der Waals surface area contributed by atoms with Crippen molar-refractivity contribution >= 4 is 5.91 Å². The molecule has 98 valence electrons. The van der Waals surface area contributed by atoms with Crippen molar-refractivity contribution in [1.29, 1.82) is 0 Å². The molecule has 0 radical (unpaired) electrons. The Kier molecular flexibility index (Phi) is 4.76. The Morgan fingerprint density at radius 3 is 2.78 bits per heavy atom. The summed E-state index contributed by atoms with van der Waals surface area (Å²) < 4.78 is 0. The molecule has 0 saturated carbocycles. The van der Waals surface area contributed by atoms with Gasteiger partial charge in [0.25, 0.3) is 0 Å². The molecule has 0 spiro atoms. The maximum atomic E-state index is 12.2. The van der Waals surface area contributed by atoms with E-state index in [-0.39, 0.29) is 5.91 Å². The van der Waals surface area contributed by atoms with E-state index < -0.39 is 0 Å². The molecule has 0 aliphatic carbocycles. The zero-order valence-electron chi connectivity index (χ0n) is 11.1. The summed E-state index contributed by atoms with van der Waals surface area (Å²) in [5, 5.41) is 3.45. The fourth-order valence-corrected chi connectivity index (χ4v) is 2.47. The third-order valence-electron chi connectivity index (χ3n) is 3.54. The second kappa shape index (κ2) is 6.55. The van der Waals surface area contributed by atoms with E-state index in [4.69, 9.17) is 0 Å². The number of nitrogens with one attached hydrogen (secondary N) is 1. The molecule has 1 heterocycles. The Morgan fingerprint density at radius 2 is 2.17 bits per heavy atom. The summed E-state index contributed by atoms with van der Waals surface area (Å²) in [6.07, 6.45) is 2.94. The summed E-state index contributed by atoms with van der Waals surface area (Å²) in [5.41, 5.74) is 1.10. The van der Waals surface area contributed by atoms with Crippen LogP contribution >= 0.6 is 0 Å². The Morgan fingerprint density at radius 1 is 1.39 bits per heavy atom. The van der Waals surface area contributed by atoms with Gasteiger partial charge >= 0.3 is 0 Å². The molecule has 0 bridgehead atoms. The van der Waals surface area contributed by atoms with Gasteiger partial charge in [0.1, 0.15) is 0 Å². The first-order valence-electron chi connectivity index (χ1n) is 6.84. The van der Waals surface area contributed by atoms with Gasteiger partial charge in [-0.2, -0.15) is 0 Å². The van der Waals surface area contributed by atoms with Crippen LogP contribution in [0.1, 0.15) is 25.3 Å². The average molecular weight is 246 g/mol. The van der Waals surface area contributed by atoms with Crippen molar-refractivity contribution in [2.24, 2.45) is 0 Å². The second-order valence-corrected chi connectivity index (χ2v) is 4.89. The van der Waals surface area contributed by atoms with Crippen LogP contribution in [0.15, 0.2) is 30.3 Å². The Labute approximate surface area is 109 Å². The molecule has 1 fully saturated rings. The quantitative estimate of drug-likeness (QED) is 0.859. The van der Waals surface area contributed by atoms with Gasteiger partial charge in [-0.25, -0.2) is 0 Å². The highest BCUT2D eigenvalue weighted by Gasteiger charge is 2.20. The van der Waals surface area contributed by atoms with Crippen LogP contribution in [0.3, 0.4) is 0 Å². The van der Waals surface area contributed by atoms with Crippen LogP contribution in [0.2, 0.25) is 0 Å². The van der Waals surface area contributed by atoms with Crippen molar-refractivity contribution in [2.45, 2.75) is 32.2 Å². The molecule has 1 N–H and O–H groups in total. The molecule has 1 aliphatic heterocycles.